The van der Waals surface area contributed by atoms with Crippen molar-refractivity contribution >= 4 is 17.9 Å². The van der Waals surface area contributed by atoms with Gasteiger partial charge in [0.25, 0.3) is 0 Å². The highest BCUT2D eigenvalue weighted by molar-refractivity contribution is 5.86. The number of rotatable bonds is 8. The van der Waals surface area contributed by atoms with Crippen LogP contribution in [-0.2, 0) is 9.59 Å². The fourth-order valence-electron chi connectivity index (χ4n) is 1.30. The molecule has 0 aliphatic rings. The lowest BCUT2D eigenvalue weighted by Gasteiger charge is -2.14. The van der Waals surface area contributed by atoms with Gasteiger partial charge in [-0.05, 0) is 13.3 Å². The second-order valence-corrected chi connectivity index (χ2v) is 3.81. The summed E-state index contributed by atoms with van der Waals surface area (Å²) < 4.78 is 0. The van der Waals surface area contributed by atoms with Crippen LogP contribution in [0.4, 0.5) is 4.79 Å². The summed E-state index contributed by atoms with van der Waals surface area (Å²) in [5, 5.41) is 16.0. The molecule has 7 nitrogen and oxygen atoms in total. The van der Waals surface area contributed by atoms with Crippen molar-refractivity contribution < 1.29 is 19.5 Å². The summed E-state index contributed by atoms with van der Waals surface area (Å²) in [6.07, 6.45) is 1.94. The molecule has 0 aromatic heterocycles. The zero-order chi connectivity index (χ0) is 14.0. The molecule has 0 fully saturated rings. The minimum atomic E-state index is -1.07. The van der Waals surface area contributed by atoms with Gasteiger partial charge in [0.15, 0.2) is 0 Å². The van der Waals surface area contributed by atoms with Crippen LogP contribution >= 0.6 is 0 Å². The number of carboxylic acid groups (broad SMARTS) is 1. The zero-order valence-corrected chi connectivity index (χ0v) is 10.8. The number of amides is 3. The van der Waals surface area contributed by atoms with Gasteiger partial charge in [-0.2, -0.15) is 0 Å². The van der Waals surface area contributed by atoms with E-state index in [-0.39, 0.29) is 12.5 Å². The van der Waals surface area contributed by atoms with Crippen molar-refractivity contribution in [2.75, 3.05) is 13.1 Å². The molecule has 104 valence electrons. The van der Waals surface area contributed by atoms with Gasteiger partial charge in [-0.25, -0.2) is 9.59 Å². The summed E-state index contributed by atoms with van der Waals surface area (Å²) in [4.78, 5) is 33.3. The quantitative estimate of drug-likeness (QED) is 0.494. The van der Waals surface area contributed by atoms with E-state index in [1.54, 1.807) is 6.92 Å². The number of likely N-dealkylation sites (N-methyl/N-ethyl adjacent to an activating group) is 1. The van der Waals surface area contributed by atoms with Crippen molar-refractivity contribution in [3.63, 3.8) is 0 Å². The van der Waals surface area contributed by atoms with E-state index in [9.17, 15) is 14.4 Å². The Balaban J connectivity index is 4.02. The normalized spacial score (nSPS) is 11.4. The van der Waals surface area contributed by atoms with Crippen LogP contribution in [0.15, 0.2) is 0 Å². The molecular weight excluding hydrogens is 238 g/mol. The Kier molecular flexibility index (Phi) is 8.34. The molecule has 0 rings (SSSR count). The Labute approximate surface area is 106 Å². The first-order valence-electron chi connectivity index (χ1n) is 6.05. The van der Waals surface area contributed by atoms with Crippen molar-refractivity contribution in [1.82, 2.24) is 16.0 Å². The molecule has 0 aliphatic carbocycles. The number of hydrogen-bond acceptors (Lipinski definition) is 3. The van der Waals surface area contributed by atoms with Gasteiger partial charge in [-0.15, -0.1) is 0 Å². The predicted molar refractivity (Wildman–Crippen MR) is 66.2 cm³/mol. The van der Waals surface area contributed by atoms with Crippen LogP contribution in [0, 0.1) is 0 Å². The maximum absolute atomic E-state index is 11.4. The molecule has 0 aromatic carbocycles. The first kappa shape index (κ1) is 16.2. The Morgan fingerprint density at radius 1 is 1.17 bits per heavy atom. The molecule has 0 saturated heterocycles. The average molecular weight is 259 g/mol. The average Bonchev–Trinajstić information content (AvgIpc) is 2.32. The highest BCUT2D eigenvalue weighted by Gasteiger charge is 2.19. The maximum Gasteiger partial charge on any atom is 0.326 e. The summed E-state index contributed by atoms with van der Waals surface area (Å²) in [7, 11) is 0. The molecule has 3 amide bonds. The fraction of sp³-hybridized carbons (Fsp3) is 0.727. The summed E-state index contributed by atoms with van der Waals surface area (Å²) in [6.45, 7) is 4.02. The van der Waals surface area contributed by atoms with Crippen LogP contribution in [-0.4, -0.2) is 42.1 Å². The number of aliphatic carboxylic acids is 1. The third-order valence-corrected chi connectivity index (χ3v) is 2.23. The first-order valence-corrected chi connectivity index (χ1v) is 6.05. The molecule has 7 heteroatoms. The summed E-state index contributed by atoms with van der Waals surface area (Å²) in [5.74, 6) is -1.38. The minimum Gasteiger partial charge on any atom is -0.480 e. The number of hydrogen-bond donors (Lipinski definition) is 4. The maximum atomic E-state index is 11.4. The third-order valence-electron chi connectivity index (χ3n) is 2.23. The van der Waals surface area contributed by atoms with Gasteiger partial charge in [0.2, 0.25) is 5.91 Å². The van der Waals surface area contributed by atoms with Crippen molar-refractivity contribution in [3.8, 4) is 0 Å². The summed E-state index contributed by atoms with van der Waals surface area (Å²) in [5.41, 5.74) is 0. The molecule has 0 aromatic rings. The summed E-state index contributed by atoms with van der Waals surface area (Å²) in [6, 6.07) is -1.57. The van der Waals surface area contributed by atoms with Crippen LogP contribution in [0.5, 0.6) is 0 Å². The van der Waals surface area contributed by atoms with E-state index in [0.29, 0.717) is 19.4 Å². The largest absolute Gasteiger partial charge is 0.480 e. The van der Waals surface area contributed by atoms with Gasteiger partial charge in [0, 0.05) is 6.54 Å². The Morgan fingerprint density at radius 2 is 1.83 bits per heavy atom. The van der Waals surface area contributed by atoms with Crippen molar-refractivity contribution in [1.29, 1.82) is 0 Å². The van der Waals surface area contributed by atoms with Gasteiger partial charge in [-0.1, -0.05) is 19.8 Å². The minimum absolute atomic E-state index is 0.167. The van der Waals surface area contributed by atoms with E-state index < -0.39 is 18.0 Å². The van der Waals surface area contributed by atoms with Crippen LogP contribution in [0.3, 0.4) is 0 Å². The van der Waals surface area contributed by atoms with Crippen molar-refractivity contribution in [2.45, 2.75) is 39.2 Å². The second kappa shape index (κ2) is 9.26. The first-order chi connectivity index (χ1) is 8.51. The van der Waals surface area contributed by atoms with Crippen LogP contribution in [0.1, 0.15) is 33.1 Å². The summed E-state index contributed by atoms with van der Waals surface area (Å²) >= 11 is 0. The molecule has 1 atom stereocenters. The lowest BCUT2D eigenvalue weighted by molar-refractivity contribution is -0.139. The molecule has 0 unspecified atom stereocenters. The number of nitrogens with one attached hydrogen (secondary N) is 3. The highest BCUT2D eigenvalue weighted by Crippen LogP contribution is 2.00. The van der Waals surface area contributed by atoms with E-state index in [1.165, 1.54) is 0 Å². The van der Waals surface area contributed by atoms with Crippen LogP contribution in [0.25, 0.3) is 0 Å². The molecule has 0 spiro atoms. The lowest BCUT2D eigenvalue weighted by Crippen LogP contribution is -2.48. The van der Waals surface area contributed by atoms with Gasteiger partial charge in [0.1, 0.15) is 6.04 Å². The molecule has 0 saturated carbocycles. The van der Waals surface area contributed by atoms with Crippen molar-refractivity contribution in [3.05, 3.63) is 0 Å². The third kappa shape index (κ3) is 7.48. The molecule has 4 N–H and O–H groups in total. The zero-order valence-electron chi connectivity index (χ0n) is 10.8. The van der Waals surface area contributed by atoms with E-state index in [1.807, 2.05) is 6.92 Å². The van der Waals surface area contributed by atoms with Gasteiger partial charge in [0.05, 0.1) is 6.54 Å². The molecular formula is C11H21N3O4. The van der Waals surface area contributed by atoms with E-state index >= 15 is 0 Å². The number of urea groups is 1. The fourth-order valence-corrected chi connectivity index (χ4v) is 1.30. The second-order valence-electron chi connectivity index (χ2n) is 3.81. The number of carbonyl (C=O) groups excluding carboxylic acids is 2. The monoisotopic (exact) mass is 259 g/mol. The Morgan fingerprint density at radius 3 is 2.33 bits per heavy atom. The number of carboxylic acids is 1. The van der Waals surface area contributed by atoms with Crippen molar-refractivity contribution in [2.24, 2.45) is 0 Å². The van der Waals surface area contributed by atoms with Crippen LogP contribution < -0.4 is 16.0 Å². The van der Waals surface area contributed by atoms with E-state index in [4.69, 9.17) is 5.11 Å². The number of unbranched alkanes of at least 4 members (excludes halogenated alkanes) is 1. The smallest absolute Gasteiger partial charge is 0.326 e. The molecule has 0 heterocycles. The van der Waals surface area contributed by atoms with Gasteiger partial charge < -0.3 is 21.1 Å². The molecule has 18 heavy (non-hydrogen) atoms. The topological polar surface area (TPSA) is 108 Å². The Hall–Kier alpha value is -1.79. The predicted octanol–water partition coefficient (Wildman–Crippen LogP) is 0.0651. The molecule has 0 radical (unpaired) electrons. The standard InChI is InChI=1S/C11H21N3O4/c1-3-5-6-8(10(16)17)14-11(18)13-7-9(15)12-4-2/h8H,3-7H2,1-2H3,(H,12,15)(H,16,17)(H2,13,14,18)/t8-/m0/s1. The molecule has 0 bridgehead atoms. The van der Waals surface area contributed by atoms with E-state index in [0.717, 1.165) is 6.42 Å². The van der Waals surface area contributed by atoms with Gasteiger partial charge >= 0.3 is 12.0 Å². The highest BCUT2D eigenvalue weighted by atomic mass is 16.4. The Bertz CT molecular complexity index is 294. The number of carbonyl (C=O) groups is 3. The van der Waals surface area contributed by atoms with Crippen LogP contribution in [0.2, 0.25) is 0 Å². The SMILES string of the molecule is CCCC[C@H](NC(=O)NCC(=O)NCC)C(=O)O. The van der Waals surface area contributed by atoms with Gasteiger partial charge in [-0.3, -0.25) is 4.79 Å². The molecule has 0 aliphatic heterocycles. The van der Waals surface area contributed by atoms with E-state index in [2.05, 4.69) is 16.0 Å². The lowest BCUT2D eigenvalue weighted by atomic mass is 10.1.